The molecule has 0 spiro atoms. The fraction of sp³-hybridized carbons (Fsp3) is 0.333. The molecule has 0 saturated carbocycles. The zero-order valence-electron chi connectivity index (χ0n) is 14.0. The molecule has 1 N–H and O–H groups in total. The Labute approximate surface area is 146 Å². The Hall–Kier alpha value is -1.83. The van der Waals surface area contributed by atoms with Crippen molar-refractivity contribution >= 4 is 10.0 Å². The summed E-state index contributed by atoms with van der Waals surface area (Å²) < 4.78 is 52.9. The second-order valence-corrected chi connectivity index (χ2v) is 8.33. The fourth-order valence-corrected chi connectivity index (χ4v) is 4.57. The van der Waals surface area contributed by atoms with E-state index in [9.17, 15) is 17.2 Å². The molecule has 7 heteroatoms. The van der Waals surface area contributed by atoms with E-state index in [1.54, 1.807) is 0 Å². The largest absolute Gasteiger partial charge is 0.329 e. The number of hydrogen-bond acceptors (Lipinski definition) is 2. The lowest BCUT2D eigenvalue weighted by atomic mass is 10.1. The van der Waals surface area contributed by atoms with Crippen LogP contribution in [0.1, 0.15) is 11.1 Å². The van der Waals surface area contributed by atoms with Gasteiger partial charge < -0.3 is 4.90 Å². The van der Waals surface area contributed by atoms with Gasteiger partial charge in [-0.25, -0.2) is 17.2 Å². The van der Waals surface area contributed by atoms with E-state index in [0.717, 1.165) is 24.7 Å². The summed E-state index contributed by atoms with van der Waals surface area (Å²) in [6, 6.07) is 11.0. The minimum absolute atomic E-state index is 0.200. The molecule has 0 radical (unpaired) electrons. The van der Waals surface area contributed by atoms with Crippen molar-refractivity contribution in [3.63, 3.8) is 0 Å². The molecule has 1 aliphatic heterocycles. The molecule has 0 bridgehead atoms. The van der Waals surface area contributed by atoms with Gasteiger partial charge in [-0.15, -0.1) is 0 Å². The molecule has 134 valence electrons. The van der Waals surface area contributed by atoms with Gasteiger partial charge in [0, 0.05) is 5.56 Å². The van der Waals surface area contributed by atoms with Crippen LogP contribution in [0.2, 0.25) is 0 Å². The van der Waals surface area contributed by atoms with Crippen LogP contribution in [0.15, 0.2) is 47.4 Å². The zero-order valence-corrected chi connectivity index (χ0v) is 14.8. The number of piperazine rings is 1. The molecule has 1 fully saturated rings. The van der Waals surface area contributed by atoms with Crippen LogP contribution in [0.3, 0.4) is 0 Å². The summed E-state index contributed by atoms with van der Waals surface area (Å²) in [5.41, 5.74) is 2.43. The van der Waals surface area contributed by atoms with Crippen molar-refractivity contribution in [3.05, 3.63) is 65.2 Å². The van der Waals surface area contributed by atoms with Gasteiger partial charge in [0.15, 0.2) is 11.6 Å². The van der Waals surface area contributed by atoms with Crippen LogP contribution in [-0.2, 0) is 16.6 Å². The van der Waals surface area contributed by atoms with E-state index in [0.29, 0.717) is 26.2 Å². The maximum Gasteiger partial charge on any atom is 0.243 e. The average molecular weight is 367 g/mol. The van der Waals surface area contributed by atoms with Crippen LogP contribution in [-0.4, -0.2) is 38.9 Å². The van der Waals surface area contributed by atoms with Crippen molar-refractivity contribution in [3.8, 4) is 0 Å². The van der Waals surface area contributed by atoms with Crippen molar-refractivity contribution in [2.75, 3.05) is 26.2 Å². The molecule has 25 heavy (non-hydrogen) atoms. The lowest BCUT2D eigenvalue weighted by Gasteiger charge is -2.31. The van der Waals surface area contributed by atoms with Gasteiger partial charge in [0.05, 0.1) is 31.1 Å². The third-order valence-corrected chi connectivity index (χ3v) is 6.39. The second kappa shape index (κ2) is 7.19. The molecule has 1 saturated heterocycles. The smallest absolute Gasteiger partial charge is 0.243 e. The third-order valence-electron chi connectivity index (χ3n) is 4.49. The quantitative estimate of drug-likeness (QED) is 0.887. The molecule has 0 aromatic heterocycles. The molecule has 2 aromatic rings. The monoisotopic (exact) mass is 367 g/mol. The van der Waals surface area contributed by atoms with Gasteiger partial charge in [-0.05, 0) is 25.1 Å². The van der Waals surface area contributed by atoms with Crippen molar-refractivity contribution in [2.24, 2.45) is 0 Å². The number of halogens is 2. The summed E-state index contributed by atoms with van der Waals surface area (Å²) in [6.07, 6.45) is 0. The highest BCUT2D eigenvalue weighted by Crippen LogP contribution is 2.18. The fourth-order valence-electron chi connectivity index (χ4n) is 3.12. The first-order valence-electron chi connectivity index (χ1n) is 8.20. The van der Waals surface area contributed by atoms with Gasteiger partial charge in [-0.1, -0.05) is 29.8 Å². The molecule has 0 unspecified atom stereocenters. The minimum atomic E-state index is -3.79. The highest BCUT2D eigenvalue weighted by atomic mass is 32.2. The van der Waals surface area contributed by atoms with Crippen LogP contribution in [0.5, 0.6) is 0 Å². The third kappa shape index (κ3) is 4.05. The summed E-state index contributed by atoms with van der Waals surface area (Å²) in [6.45, 7) is 4.98. The summed E-state index contributed by atoms with van der Waals surface area (Å²) in [5.74, 6) is -2.20. The van der Waals surface area contributed by atoms with Gasteiger partial charge in [0.1, 0.15) is 6.54 Å². The topological polar surface area (TPSA) is 41.8 Å². The summed E-state index contributed by atoms with van der Waals surface area (Å²) >= 11 is 0. The summed E-state index contributed by atoms with van der Waals surface area (Å²) in [5, 5.41) is 0. The molecule has 4 nitrogen and oxygen atoms in total. The highest BCUT2D eigenvalue weighted by molar-refractivity contribution is 7.89. The maximum atomic E-state index is 13.4. The van der Waals surface area contributed by atoms with E-state index in [1.165, 1.54) is 20.3 Å². The number of aryl methyl sites for hydroxylation is 1. The predicted octanol–water partition coefficient (Wildman–Crippen LogP) is 1.36. The van der Waals surface area contributed by atoms with Gasteiger partial charge in [0.25, 0.3) is 0 Å². The number of benzene rings is 2. The molecule has 0 aliphatic carbocycles. The zero-order chi connectivity index (χ0) is 18.0. The van der Waals surface area contributed by atoms with Crippen molar-refractivity contribution in [1.29, 1.82) is 0 Å². The Bertz CT molecular complexity index is 863. The maximum absolute atomic E-state index is 13.4. The standard InChI is InChI=1S/C18H20F2N2O2S/c1-14-3-2-4-15(11-14)13-21-7-9-22(10-8-21)25(23,24)16-5-6-17(19)18(20)12-16/h2-6,11-12H,7-10,13H2,1H3/p+1. The van der Waals surface area contributed by atoms with E-state index < -0.39 is 21.7 Å². The number of nitrogens with one attached hydrogen (secondary N) is 1. The van der Waals surface area contributed by atoms with E-state index in [2.05, 4.69) is 12.1 Å². The van der Waals surface area contributed by atoms with Crippen molar-refractivity contribution in [1.82, 2.24) is 4.31 Å². The number of hydrogen-bond donors (Lipinski definition) is 1. The molecule has 2 aromatic carbocycles. The van der Waals surface area contributed by atoms with Gasteiger partial charge >= 0.3 is 0 Å². The SMILES string of the molecule is Cc1cccc(C[NH+]2CCN(S(=O)(=O)c3ccc(F)c(F)c3)CC2)c1. The lowest BCUT2D eigenvalue weighted by Crippen LogP contribution is -3.13. The van der Waals surface area contributed by atoms with E-state index in [4.69, 9.17) is 0 Å². The van der Waals surface area contributed by atoms with E-state index >= 15 is 0 Å². The molecule has 1 aliphatic rings. The number of nitrogens with zero attached hydrogens (tertiary/aromatic N) is 1. The number of rotatable bonds is 4. The van der Waals surface area contributed by atoms with Crippen LogP contribution in [0, 0.1) is 18.6 Å². The van der Waals surface area contributed by atoms with Crippen molar-refractivity contribution < 1.29 is 22.1 Å². The van der Waals surface area contributed by atoms with E-state index in [1.807, 2.05) is 19.1 Å². The van der Waals surface area contributed by atoms with Crippen LogP contribution >= 0.6 is 0 Å². The first-order valence-corrected chi connectivity index (χ1v) is 9.64. The average Bonchev–Trinajstić information content (AvgIpc) is 2.58. The minimum Gasteiger partial charge on any atom is -0.329 e. The first-order chi connectivity index (χ1) is 11.9. The summed E-state index contributed by atoms with van der Waals surface area (Å²) in [7, 11) is -3.79. The van der Waals surface area contributed by atoms with Gasteiger partial charge in [-0.3, -0.25) is 0 Å². The Morgan fingerprint density at radius 1 is 1.04 bits per heavy atom. The normalized spacial score (nSPS) is 16.9. The molecular weight excluding hydrogens is 346 g/mol. The van der Waals surface area contributed by atoms with Gasteiger partial charge in [0.2, 0.25) is 10.0 Å². The molecule has 0 amide bonds. The Balaban J connectivity index is 1.66. The highest BCUT2D eigenvalue weighted by Gasteiger charge is 2.30. The number of sulfonamides is 1. The summed E-state index contributed by atoms with van der Waals surface area (Å²) in [4.78, 5) is 1.11. The van der Waals surface area contributed by atoms with Crippen LogP contribution in [0.4, 0.5) is 8.78 Å². The predicted molar refractivity (Wildman–Crippen MR) is 90.7 cm³/mol. The first kappa shape index (κ1) is 18.0. The lowest BCUT2D eigenvalue weighted by molar-refractivity contribution is -0.917. The number of quaternary nitrogens is 1. The van der Waals surface area contributed by atoms with E-state index in [-0.39, 0.29) is 4.90 Å². The Kier molecular flexibility index (Phi) is 5.17. The molecule has 1 heterocycles. The second-order valence-electron chi connectivity index (χ2n) is 6.40. The Morgan fingerprint density at radius 3 is 2.40 bits per heavy atom. The van der Waals surface area contributed by atoms with Gasteiger partial charge in [-0.2, -0.15) is 4.31 Å². The molecular formula is C18H21F2N2O2S+. The van der Waals surface area contributed by atoms with Crippen LogP contribution < -0.4 is 4.90 Å². The Morgan fingerprint density at radius 2 is 1.76 bits per heavy atom. The molecule has 0 atom stereocenters. The van der Waals surface area contributed by atoms with Crippen molar-refractivity contribution in [2.45, 2.75) is 18.4 Å². The van der Waals surface area contributed by atoms with Crippen LogP contribution in [0.25, 0.3) is 0 Å². The molecule has 3 rings (SSSR count).